The zero-order chi connectivity index (χ0) is 20.8. The van der Waals surface area contributed by atoms with Crippen LogP contribution in [0.25, 0.3) is 0 Å². The molecule has 3 aromatic rings. The van der Waals surface area contributed by atoms with E-state index in [1.165, 1.54) is 18.3 Å². The van der Waals surface area contributed by atoms with E-state index in [4.69, 9.17) is 5.26 Å². The maximum atomic E-state index is 12.5. The van der Waals surface area contributed by atoms with Crippen LogP contribution in [0.5, 0.6) is 0 Å². The van der Waals surface area contributed by atoms with Crippen molar-refractivity contribution in [2.24, 2.45) is 0 Å². The highest BCUT2D eigenvalue weighted by Gasteiger charge is 2.13. The number of hydrogen-bond donors (Lipinski definition) is 2. The van der Waals surface area contributed by atoms with Gasteiger partial charge in [0.2, 0.25) is 0 Å². The van der Waals surface area contributed by atoms with Gasteiger partial charge in [0, 0.05) is 42.9 Å². The molecule has 2 aromatic carbocycles. The lowest BCUT2D eigenvalue weighted by molar-refractivity contribution is 0.102. The molecule has 0 saturated heterocycles. The van der Waals surface area contributed by atoms with Gasteiger partial charge in [0.25, 0.3) is 11.8 Å². The second-order valence-corrected chi connectivity index (χ2v) is 6.47. The summed E-state index contributed by atoms with van der Waals surface area (Å²) in [5, 5.41) is 14.3. The maximum Gasteiger partial charge on any atom is 0.274 e. The number of amides is 2. The quantitative estimate of drug-likeness (QED) is 0.700. The van der Waals surface area contributed by atoms with Gasteiger partial charge < -0.3 is 15.5 Å². The third-order valence-corrected chi connectivity index (χ3v) is 4.17. The van der Waals surface area contributed by atoms with Crippen molar-refractivity contribution in [2.45, 2.75) is 0 Å². The number of hydrogen-bond acceptors (Lipinski definition) is 5. The molecule has 3 rings (SSSR count). The Morgan fingerprint density at radius 2 is 1.48 bits per heavy atom. The van der Waals surface area contributed by atoms with Gasteiger partial charge in [-0.15, -0.1) is 0 Å². The Morgan fingerprint density at radius 3 is 2.07 bits per heavy atom. The predicted molar refractivity (Wildman–Crippen MR) is 112 cm³/mol. The molecule has 0 aliphatic rings. The van der Waals surface area contributed by atoms with Gasteiger partial charge >= 0.3 is 0 Å². The zero-order valence-corrected chi connectivity index (χ0v) is 16.0. The molecule has 0 spiro atoms. The summed E-state index contributed by atoms with van der Waals surface area (Å²) in [6.45, 7) is 0. The number of carbonyl (C=O) groups is 2. The average Bonchev–Trinajstić information content (AvgIpc) is 2.74. The fourth-order valence-electron chi connectivity index (χ4n) is 2.57. The van der Waals surface area contributed by atoms with Crippen LogP contribution in [-0.2, 0) is 0 Å². The molecule has 1 aromatic heterocycles. The third kappa shape index (κ3) is 4.96. The number of aromatic nitrogens is 1. The topological polar surface area (TPSA) is 98.1 Å². The van der Waals surface area contributed by atoms with Crippen molar-refractivity contribution < 1.29 is 9.59 Å². The fourth-order valence-corrected chi connectivity index (χ4v) is 2.57. The monoisotopic (exact) mass is 385 g/mol. The van der Waals surface area contributed by atoms with Gasteiger partial charge in [-0.2, -0.15) is 5.26 Å². The van der Waals surface area contributed by atoms with E-state index in [2.05, 4.69) is 15.6 Å². The zero-order valence-electron chi connectivity index (χ0n) is 16.0. The molecule has 1 heterocycles. The number of rotatable bonds is 5. The number of carbonyl (C=O) groups excluding carboxylic acids is 2. The minimum atomic E-state index is -0.407. The summed E-state index contributed by atoms with van der Waals surface area (Å²) in [6.07, 6.45) is 1.41. The molecule has 29 heavy (non-hydrogen) atoms. The van der Waals surface area contributed by atoms with E-state index < -0.39 is 5.91 Å². The smallest absolute Gasteiger partial charge is 0.274 e. The summed E-state index contributed by atoms with van der Waals surface area (Å²) in [5.74, 6) is -0.780. The second-order valence-electron chi connectivity index (χ2n) is 6.47. The Balaban J connectivity index is 1.69. The van der Waals surface area contributed by atoms with Crippen molar-refractivity contribution in [2.75, 3.05) is 29.6 Å². The first-order valence-corrected chi connectivity index (χ1v) is 8.82. The van der Waals surface area contributed by atoms with Gasteiger partial charge in [0.15, 0.2) is 0 Å². The van der Waals surface area contributed by atoms with E-state index in [-0.39, 0.29) is 11.6 Å². The lowest BCUT2D eigenvalue weighted by Crippen LogP contribution is -2.17. The molecule has 7 nitrogen and oxygen atoms in total. The molecule has 0 fully saturated rings. The number of anilines is 3. The van der Waals surface area contributed by atoms with Crippen molar-refractivity contribution >= 4 is 28.9 Å². The SMILES string of the molecule is CN(C)c1ccc(NC(=O)c2cc(C(=O)Nc3ccc(C#N)cc3)ccn2)cc1. The van der Waals surface area contributed by atoms with Gasteiger partial charge in [-0.1, -0.05) is 0 Å². The largest absolute Gasteiger partial charge is 0.378 e. The van der Waals surface area contributed by atoms with Gasteiger partial charge in [0.05, 0.1) is 11.6 Å². The van der Waals surface area contributed by atoms with Crippen molar-refractivity contribution in [3.05, 3.63) is 83.7 Å². The van der Waals surface area contributed by atoms with Crippen LogP contribution in [0, 0.1) is 11.3 Å². The number of nitrogens with zero attached hydrogens (tertiary/aromatic N) is 3. The van der Waals surface area contributed by atoms with Crippen LogP contribution < -0.4 is 15.5 Å². The van der Waals surface area contributed by atoms with E-state index in [0.29, 0.717) is 22.5 Å². The molecule has 0 saturated carbocycles. The second kappa shape index (κ2) is 8.67. The molecule has 2 amide bonds. The summed E-state index contributed by atoms with van der Waals surface area (Å²) >= 11 is 0. The molecule has 0 aliphatic heterocycles. The lowest BCUT2D eigenvalue weighted by atomic mass is 10.2. The van der Waals surface area contributed by atoms with Crippen molar-refractivity contribution in [1.82, 2.24) is 4.98 Å². The maximum absolute atomic E-state index is 12.5. The molecule has 144 valence electrons. The predicted octanol–water partition coefficient (Wildman–Crippen LogP) is 3.52. The summed E-state index contributed by atoms with van der Waals surface area (Å²) < 4.78 is 0. The molecule has 0 atom stereocenters. The van der Waals surface area contributed by atoms with E-state index in [0.717, 1.165) is 5.69 Å². The summed E-state index contributed by atoms with van der Waals surface area (Å²) in [5.41, 5.74) is 3.14. The van der Waals surface area contributed by atoms with Crippen molar-refractivity contribution in [3.63, 3.8) is 0 Å². The minimum Gasteiger partial charge on any atom is -0.378 e. The molecule has 7 heteroatoms. The first-order chi connectivity index (χ1) is 14.0. The Labute approximate surface area is 168 Å². The van der Waals surface area contributed by atoms with Crippen LogP contribution >= 0.6 is 0 Å². The van der Waals surface area contributed by atoms with Crippen LogP contribution in [-0.4, -0.2) is 30.9 Å². The number of nitriles is 1. The lowest BCUT2D eigenvalue weighted by Gasteiger charge is -2.13. The molecule has 0 aliphatic carbocycles. The van der Waals surface area contributed by atoms with E-state index in [9.17, 15) is 9.59 Å². The third-order valence-electron chi connectivity index (χ3n) is 4.17. The highest BCUT2D eigenvalue weighted by molar-refractivity contribution is 6.07. The summed E-state index contributed by atoms with van der Waals surface area (Å²) in [4.78, 5) is 31.0. The minimum absolute atomic E-state index is 0.133. The van der Waals surface area contributed by atoms with Gasteiger partial charge in [-0.25, -0.2) is 0 Å². The summed E-state index contributed by atoms with van der Waals surface area (Å²) in [6, 6.07) is 18.9. The highest BCUT2D eigenvalue weighted by Crippen LogP contribution is 2.17. The molecule has 0 unspecified atom stereocenters. The van der Waals surface area contributed by atoms with Crippen molar-refractivity contribution in [3.8, 4) is 6.07 Å². The van der Waals surface area contributed by atoms with Crippen LogP contribution in [0.2, 0.25) is 0 Å². The van der Waals surface area contributed by atoms with E-state index in [1.54, 1.807) is 36.4 Å². The van der Waals surface area contributed by atoms with Crippen LogP contribution in [0.4, 0.5) is 17.1 Å². The Morgan fingerprint density at radius 1 is 0.897 bits per heavy atom. The van der Waals surface area contributed by atoms with E-state index in [1.807, 2.05) is 37.2 Å². The number of nitrogens with one attached hydrogen (secondary N) is 2. The van der Waals surface area contributed by atoms with Crippen LogP contribution in [0.3, 0.4) is 0 Å². The Hall–Kier alpha value is -4.18. The molecule has 0 radical (unpaired) electrons. The Kier molecular flexibility index (Phi) is 5.85. The Bertz CT molecular complexity index is 1070. The van der Waals surface area contributed by atoms with E-state index >= 15 is 0 Å². The van der Waals surface area contributed by atoms with Gasteiger partial charge in [-0.05, 0) is 60.7 Å². The van der Waals surface area contributed by atoms with Crippen LogP contribution in [0.15, 0.2) is 66.9 Å². The standard InChI is InChI=1S/C22H19N5O2/c1-27(2)19-9-7-18(8-10-19)26-22(29)20-13-16(11-12-24-20)21(28)25-17-5-3-15(14-23)4-6-17/h3-13H,1-2H3,(H,25,28)(H,26,29). The number of benzene rings is 2. The molecular formula is C22H19N5O2. The van der Waals surface area contributed by atoms with Gasteiger partial charge in [-0.3, -0.25) is 14.6 Å². The fraction of sp³-hybridized carbons (Fsp3) is 0.0909. The number of pyridine rings is 1. The average molecular weight is 385 g/mol. The van der Waals surface area contributed by atoms with Gasteiger partial charge in [0.1, 0.15) is 5.69 Å². The first kappa shape index (κ1) is 19.6. The molecule has 0 bridgehead atoms. The first-order valence-electron chi connectivity index (χ1n) is 8.82. The summed E-state index contributed by atoms with van der Waals surface area (Å²) in [7, 11) is 3.87. The van der Waals surface area contributed by atoms with Crippen LogP contribution in [0.1, 0.15) is 26.4 Å². The van der Waals surface area contributed by atoms with Crippen molar-refractivity contribution in [1.29, 1.82) is 5.26 Å². The molecule has 2 N–H and O–H groups in total. The normalized spacial score (nSPS) is 9.97. The highest BCUT2D eigenvalue weighted by atomic mass is 16.2. The molecular weight excluding hydrogens is 366 g/mol.